The maximum Gasteiger partial charge on any atom is 0.266 e. The van der Waals surface area contributed by atoms with E-state index in [9.17, 15) is 9.59 Å². The van der Waals surface area contributed by atoms with E-state index in [-0.39, 0.29) is 16.4 Å². The monoisotopic (exact) mass is 362 g/mol. The first-order chi connectivity index (χ1) is 12.6. The number of rotatable bonds is 3. The minimum atomic E-state index is -0.248. The molecule has 0 fully saturated rings. The molecule has 26 heavy (non-hydrogen) atoms. The predicted octanol–water partition coefficient (Wildman–Crippen LogP) is 4.36. The summed E-state index contributed by atoms with van der Waals surface area (Å²) < 4.78 is 2.49. The molecule has 130 valence electrons. The smallest absolute Gasteiger partial charge is 0.266 e. The minimum absolute atomic E-state index is 0.194. The van der Waals surface area contributed by atoms with Crippen molar-refractivity contribution >= 4 is 31.6 Å². The van der Waals surface area contributed by atoms with Crippen LogP contribution in [0, 0.1) is 6.92 Å². The Morgan fingerprint density at radius 3 is 2.54 bits per heavy atom. The lowest BCUT2D eigenvalue weighted by Gasteiger charge is -2.14. The molecule has 2 heterocycles. The van der Waals surface area contributed by atoms with Crippen molar-refractivity contribution in [2.24, 2.45) is 0 Å². The van der Waals surface area contributed by atoms with Crippen LogP contribution >= 0.6 is 11.3 Å². The third kappa shape index (κ3) is 2.56. The molecule has 5 heteroatoms. The van der Waals surface area contributed by atoms with Gasteiger partial charge in [0.15, 0.2) is 0 Å². The van der Waals surface area contributed by atoms with E-state index in [0.29, 0.717) is 22.6 Å². The second-order valence-electron chi connectivity index (χ2n) is 6.31. The van der Waals surface area contributed by atoms with E-state index in [4.69, 9.17) is 4.98 Å². The van der Waals surface area contributed by atoms with Crippen LogP contribution < -0.4 is 11.0 Å². The topological polar surface area (TPSA) is 52.0 Å². The van der Waals surface area contributed by atoms with Crippen LogP contribution in [0.4, 0.5) is 0 Å². The normalized spacial score (nSPS) is 11.3. The van der Waals surface area contributed by atoms with Crippen LogP contribution in [0.1, 0.15) is 18.9 Å². The van der Waals surface area contributed by atoms with Gasteiger partial charge in [-0.2, -0.15) is 0 Å². The summed E-state index contributed by atoms with van der Waals surface area (Å²) in [6.07, 6.45) is 0.789. The van der Waals surface area contributed by atoms with Crippen LogP contribution in [0.2, 0.25) is 0 Å². The van der Waals surface area contributed by atoms with Crippen molar-refractivity contribution in [3.63, 3.8) is 0 Å². The van der Waals surface area contributed by atoms with E-state index in [1.54, 1.807) is 10.6 Å². The molecule has 0 radical (unpaired) electrons. The fourth-order valence-corrected chi connectivity index (χ4v) is 4.29. The third-order valence-electron chi connectivity index (χ3n) is 4.53. The molecule has 0 aliphatic carbocycles. The summed E-state index contributed by atoms with van der Waals surface area (Å²) in [4.78, 5) is 31.4. The van der Waals surface area contributed by atoms with Crippen LogP contribution in [-0.2, 0) is 6.54 Å². The van der Waals surface area contributed by atoms with Crippen LogP contribution in [-0.4, -0.2) is 9.55 Å². The first kappa shape index (κ1) is 16.7. The first-order valence-corrected chi connectivity index (χ1v) is 9.46. The summed E-state index contributed by atoms with van der Waals surface area (Å²) >= 11 is 1.40. The van der Waals surface area contributed by atoms with Crippen molar-refractivity contribution in [3.8, 4) is 11.4 Å². The highest BCUT2D eigenvalue weighted by molar-refractivity contribution is 7.24. The van der Waals surface area contributed by atoms with Gasteiger partial charge in [-0.1, -0.05) is 43.3 Å². The molecule has 2 aromatic carbocycles. The molecular weight excluding hydrogens is 344 g/mol. The SMILES string of the molecule is CCCn1c(-c2ccccc2C)nc2sc3ccccc3c(=O)c2c1=O. The number of aromatic nitrogens is 2. The molecule has 0 saturated carbocycles. The molecule has 0 spiro atoms. The Bertz CT molecular complexity index is 1250. The predicted molar refractivity (Wildman–Crippen MR) is 108 cm³/mol. The lowest BCUT2D eigenvalue weighted by molar-refractivity contribution is 0.656. The van der Waals surface area contributed by atoms with Gasteiger partial charge in [0, 0.05) is 22.2 Å². The number of nitrogens with zero attached hydrogens (tertiary/aromatic N) is 2. The van der Waals surface area contributed by atoms with Crippen molar-refractivity contribution in [3.05, 3.63) is 74.7 Å². The van der Waals surface area contributed by atoms with Gasteiger partial charge >= 0.3 is 0 Å². The summed E-state index contributed by atoms with van der Waals surface area (Å²) in [6.45, 7) is 4.55. The Balaban J connectivity index is 2.18. The standard InChI is InChI=1S/C21H18N2O2S/c1-3-12-23-19(14-9-5-4-8-13(14)2)22-20-17(21(23)25)18(24)15-10-6-7-11-16(15)26-20/h4-11H,3,12H2,1-2H3. The average Bonchev–Trinajstić information content (AvgIpc) is 2.64. The van der Waals surface area contributed by atoms with Gasteiger partial charge in [0.25, 0.3) is 5.56 Å². The van der Waals surface area contributed by atoms with E-state index < -0.39 is 0 Å². The fourth-order valence-electron chi connectivity index (χ4n) is 3.25. The highest BCUT2D eigenvalue weighted by Gasteiger charge is 2.17. The Morgan fingerprint density at radius 2 is 1.77 bits per heavy atom. The number of hydrogen-bond donors (Lipinski definition) is 0. The lowest BCUT2D eigenvalue weighted by atomic mass is 10.1. The fraction of sp³-hybridized carbons (Fsp3) is 0.190. The molecule has 0 aliphatic heterocycles. The van der Waals surface area contributed by atoms with Crippen molar-refractivity contribution < 1.29 is 0 Å². The Morgan fingerprint density at radius 1 is 1.04 bits per heavy atom. The zero-order chi connectivity index (χ0) is 18.3. The van der Waals surface area contributed by atoms with Crippen LogP contribution in [0.25, 0.3) is 31.7 Å². The van der Waals surface area contributed by atoms with Crippen molar-refractivity contribution in [2.45, 2.75) is 26.8 Å². The Kier molecular flexibility index (Phi) is 4.17. The van der Waals surface area contributed by atoms with Gasteiger partial charge in [-0.05, 0) is 31.0 Å². The van der Waals surface area contributed by atoms with E-state index in [2.05, 4.69) is 0 Å². The largest absolute Gasteiger partial charge is 0.292 e. The lowest BCUT2D eigenvalue weighted by Crippen LogP contribution is -2.27. The van der Waals surface area contributed by atoms with E-state index in [1.807, 2.05) is 56.3 Å². The maximum atomic E-state index is 13.2. The molecule has 4 aromatic rings. The van der Waals surface area contributed by atoms with Crippen LogP contribution in [0.3, 0.4) is 0 Å². The summed E-state index contributed by atoms with van der Waals surface area (Å²) in [5, 5.41) is 0.773. The molecule has 0 N–H and O–H groups in total. The van der Waals surface area contributed by atoms with E-state index in [1.165, 1.54) is 11.3 Å². The van der Waals surface area contributed by atoms with Gasteiger partial charge in [0.1, 0.15) is 16.0 Å². The quantitative estimate of drug-likeness (QED) is 0.509. The highest BCUT2D eigenvalue weighted by atomic mass is 32.1. The molecule has 4 nitrogen and oxygen atoms in total. The molecule has 0 saturated heterocycles. The minimum Gasteiger partial charge on any atom is -0.292 e. The summed E-state index contributed by atoms with van der Waals surface area (Å²) in [5.41, 5.74) is 1.50. The van der Waals surface area contributed by atoms with Gasteiger partial charge in [-0.3, -0.25) is 14.2 Å². The average molecular weight is 362 g/mol. The summed E-state index contributed by atoms with van der Waals surface area (Å²) in [7, 11) is 0. The Hall–Kier alpha value is -2.79. The molecule has 2 aromatic heterocycles. The number of fused-ring (bicyclic) bond motifs is 2. The van der Waals surface area contributed by atoms with Crippen molar-refractivity contribution in [2.75, 3.05) is 0 Å². The third-order valence-corrected chi connectivity index (χ3v) is 5.60. The van der Waals surface area contributed by atoms with Gasteiger partial charge < -0.3 is 0 Å². The molecule has 4 rings (SSSR count). The molecule has 0 unspecified atom stereocenters. The van der Waals surface area contributed by atoms with Crippen molar-refractivity contribution in [1.29, 1.82) is 0 Å². The number of benzene rings is 2. The molecule has 0 bridgehead atoms. The Labute approximate surface area is 154 Å². The summed E-state index contributed by atoms with van der Waals surface area (Å²) in [6, 6.07) is 15.3. The van der Waals surface area contributed by atoms with Gasteiger partial charge in [0.2, 0.25) is 5.43 Å². The summed E-state index contributed by atoms with van der Waals surface area (Å²) in [5.74, 6) is 0.633. The van der Waals surface area contributed by atoms with E-state index >= 15 is 0 Å². The molecule has 0 atom stereocenters. The number of hydrogen-bond acceptors (Lipinski definition) is 4. The van der Waals surface area contributed by atoms with Crippen LogP contribution in [0.5, 0.6) is 0 Å². The first-order valence-electron chi connectivity index (χ1n) is 8.64. The zero-order valence-electron chi connectivity index (χ0n) is 14.7. The van der Waals surface area contributed by atoms with Crippen molar-refractivity contribution in [1.82, 2.24) is 9.55 Å². The second kappa shape index (κ2) is 6.50. The molecule has 0 aliphatic rings. The highest BCUT2D eigenvalue weighted by Crippen LogP contribution is 2.26. The second-order valence-corrected chi connectivity index (χ2v) is 7.35. The van der Waals surface area contributed by atoms with E-state index in [0.717, 1.165) is 22.2 Å². The molecular formula is C21H18N2O2S. The van der Waals surface area contributed by atoms with Gasteiger partial charge in [-0.25, -0.2) is 4.98 Å². The zero-order valence-corrected chi connectivity index (χ0v) is 15.5. The van der Waals surface area contributed by atoms with Crippen LogP contribution in [0.15, 0.2) is 58.1 Å². The van der Waals surface area contributed by atoms with Gasteiger partial charge in [0.05, 0.1) is 0 Å². The maximum absolute atomic E-state index is 13.2. The number of aryl methyl sites for hydroxylation is 1. The molecule has 0 amide bonds. The van der Waals surface area contributed by atoms with Gasteiger partial charge in [-0.15, -0.1) is 11.3 Å².